The van der Waals surface area contributed by atoms with Crippen LogP contribution in [0.1, 0.15) is 51.5 Å². The minimum absolute atomic E-state index is 0.737. The summed E-state index contributed by atoms with van der Waals surface area (Å²) >= 11 is 0. The number of hydrogen-bond donors (Lipinski definition) is 3. The molecule has 4 N–H and O–H groups in total. The van der Waals surface area contributed by atoms with Crippen LogP contribution in [0.2, 0.25) is 0 Å². The van der Waals surface area contributed by atoms with Crippen LogP contribution in [0.15, 0.2) is 6.33 Å². The van der Waals surface area contributed by atoms with E-state index in [1.807, 2.05) is 0 Å². The molecule has 112 valence electrons. The standard InChI is InChI=1S/C15H27N5/c1-3-6-13-14(18-10-19-15(13)20-16)17-9-12-8-5-4-7-11(12)2/h10-12H,3-9,16H2,1-2H3,(H2,17,18,19,20). The molecule has 0 radical (unpaired) electrons. The molecule has 0 saturated heterocycles. The fraction of sp³-hybridized carbons (Fsp3) is 0.733. The van der Waals surface area contributed by atoms with Crippen molar-refractivity contribution in [2.24, 2.45) is 17.7 Å². The van der Waals surface area contributed by atoms with Crippen LogP contribution in [0.3, 0.4) is 0 Å². The van der Waals surface area contributed by atoms with Crippen molar-refractivity contribution in [2.75, 3.05) is 17.3 Å². The lowest BCUT2D eigenvalue weighted by Crippen LogP contribution is -2.25. The van der Waals surface area contributed by atoms with Gasteiger partial charge < -0.3 is 10.7 Å². The highest BCUT2D eigenvalue weighted by Gasteiger charge is 2.21. The molecule has 1 heterocycles. The summed E-state index contributed by atoms with van der Waals surface area (Å²) in [4.78, 5) is 8.60. The quantitative estimate of drug-likeness (QED) is 0.550. The Morgan fingerprint density at radius 3 is 2.70 bits per heavy atom. The third kappa shape index (κ3) is 3.60. The zero-order chi connectivity index (χ0) is 14.4. The normalized spacial score (nSPS) is 22.6. The van der Waals surface area contributed by atoms with E-state index in [4.69, 9.17) is 5.84 Å². The highest BCUT2D eigenvalue weighted by Crippen LogP contribution is 2.30. The van der Waals surface area contributed by atoms with Crippen LogP contribution in [0.4, 0.5) is 11.6 Å². The van der Waals surface area contributed by atoms with Crippen molar-refractivity contribution in [2.45, 2.75) is 52.4 Å². The van der Waals surface area contributed by atoms with Gasteiger partial charge in [-0.05, 0) is 24.7 Å². The molecule has 0 aromatic carbocycles. The summed E-state index contributed by atoms with van der Waals surface area (Å²) in [5.41, 5.74) is 3.77. The zero-order valence-corrected chi connectivity index (χ0v) is 12.7. The maximum absolute atomic E-state index is 5.54. The fourth-order valence-corrected chi connectivity index (χ4v) is 3.10. The Morgan fingerprint density at radius 2 is 2.00 bits per heavy atom. The fourth-order valence-electron chi connectivity index (χ4n) is 3.10. The van der Waals surface area contributed by atoms with Gasteiger partial charge in [0.05, 0.1) is 0 Å². The molecule has 1 aliphatic rings. The molecular formula is C15H27N5. The van der Waals surface area contributed by atoms with Crippen LogP contribution in [0.5, 0.6) is 0 Å². The molecule has 2 unspecified atom stereocenters. The average Bonchev–Trinajstić information content (AvgIpc) is 2.47. The number of anilines is 2. The molecule has 5 heteroatoms. The number of nitrogen functional groups attached to an aromatic ring is 1. The molecule has 1 aromatic rings. The number of aromatic nitrogens is 2. The van der Waals surface area contributed by atoms with Crippen LogP contribution >= 0.6 is 0 Å². The summed E-state index contributed by atoms with van der Waals surface area (Å²) < 4.78 is 0. The summed E-state index contributed by atoms with van der Waals surface area (Å²) in [6.45, 7) is 5.52. The van der Waals surface area contributed by atoms with Gasteiger partial charge in [0.25, 0.3) is 0 Å². The van der Waals surface area contributed by atoms with E-state index in [2.05, 4.69) is 34.6 Å². The Morgan fingerprint density at radius 1 is 1.25 bits per heavy atom. The van der Waals surface area contributed by atoms with Gasteiger partial charge in [0.15, 0.2) is 0 Å². The Hall–Kier alpha value is -1.36. The van der Waals surface area contributed by atoms with Crippen LogP contribution in [-0.4, -0.2) is 16.5 Å². The van der Waals surface area contributed by atoms with Crippen molar-refractivity contribution in [3.63, 3.8) is 0 Å². The zero-order valence-electron chi connectivity index (χ0n) is 12.7. The molecule has 1 aliphatic carbocycles. The number of nitrogens with one attached hydrogen (secondary N) is 2. The van der Waals surface area contributed by atoms with E-state index in [1.165, 1.54) is 25.7 Å². The van der Waals surface area contributed by atoms with Crippen molar-refractivity contribution in [3.8, 4) is 0 Å². The molecule has 0 spiro atoms. The molecule has 1 saturated carbocycles. The molecule has 0 bridgehead atoms. The highest BCUT2D eigenvalue weighted by atomic mass is 15.3. The Bertz CT molecular complexity index is 421. The van der Waals surface area contributed by atoms with Gasteiger partial charge in [0.1, 0.15) is 18.0 Å². The second-order valence-electron chi connectivity index (χ2n) is 5.85. The van der Waals surface area contributed by atoms with E-state index in [9.17, 15) is 0 Å². The van der Waals surface area contributed by atoms with Gasteiger partial charge in [0.2, 0.25) is 0 Å². The first-order valence-corrected chi connectivity index (χ1v) is 7.80. The predicted molar refractivity (Wildman–Crippen MR) is 83.4 cm³/mol. The van der Waals surface area contributed by atoms with Crippen molar-refractivity contribution < 1.29 is 0 Å². The van der Waals surface area contributed by atoms with E-state index in [0.29, 0.717) is 0 Å². The summed E-state index contributed by atoms with van der Waals surface area (Å²) in [6, 6.07) is 0. The molecule has 0 amide bonds. The average molecular weight is 277 g/mol. The lowest BCUT2D eigenvalue weighted by Gasteiger charge is -2.29. The molecule has 20 heavy (non-hydrogen) atoms. The third-order valence-electron chi connectivity index (χ3n) is 4.40. The number of nitrogens with two attached hydrogens (primary N) is 1. The molecule has 1 fully saturated rings. The highest BCUT2D eigenvalue weighted by molar-refractivity contribution is 5.56. The van der Waals surface area contributed by atoms with Crippen LogP contribution in [0.25, 0.3) is 0 Å². The molecule has 1 aromatic heterocycles. The van der Waals surface area contributed by atoms with E-state index in [-0.39, 0.29) is 0 Å². The Balaban J connectivity index is 2.04. The topological polar surface area (TPSA) is 75.9 Å². The Kier molecular flexibility index (Phi) is 5.59. The first-order valence-electron chi connectivity index (χ1n) is 7.80. The molecule has 2 rings (SSSR count). The lowest BCUT2D eigenvalue weighted by atomic mass is 9.80. The van der Waals surface area contributed by atoms with E-state index >= 15 is 0 Å². The third-order valence-corrected chi connectivity index (χ3v) is 4.40. The van der Waals surface area contributed by atoms with Gasteiger partial charge in [-0.2, -0.15) is 0 Å². The molecule has 5 nitrogen and oxygen atoms in total. The van der Waals surface area contributed by atoms with Gasteiger partial charge in [-0.3, -0.25) is 0 Å². The van der Waals surface area contributed by atoms with E-state index in [0.717, 1.165) is 48.4 Å². The van der Waals surface area contributed by atoms with Crippen molar-refractivity contribution in [3.05, 3.63) is 11.9 Å². The number of nitrogens with zero attached hydrogens (tertiary/aromatic N) is 2. The second kappa shape index (κ2) is 7.43. The first kappa shape index (κ1) is 15.0. The smallest absolute Gasteiger partial charge is 0.148 e. The summed E-state index contributed by atoms with van der Waals surface area (Å²) in [6.07, 6.45) is 8.98. The van der Waals surface area contributed by atoms with Crippen LogP contribution < -0.4 is 16.6 Å². The van der Waals surface area contributed by atoms with Crippen molar-refractivity contribution in [1.82, 2.24) is 9.97 Å². The maximum atomic E-state index is 5.54. The largest absolute Gasteiger partial charge is 0.369 e. The molecular weight excluding hydrogens is 250 g/mol. The van der Waals surface area contributed by atoms with Gasteiger partial charge in [-0.25, -0.2) is 15.8 Å². The van der Waals surface area contributed by atoms with Gasteiger partial charge in [0, 0.05) is 12.1 Å². The lowest BCUT2D eigenvalue weighted by molar-refractivity contribution is 0.268. The number of rotatable bonds is 6. The number of hydrogen-bond acceptors (Lipinski definition) is 5. The van der Waals surface area contributed by atoms with Crippen LogP contribution in [0, 0.1) is 11.8 Å². The summed E-state index contributed by atoms with van der Waals surface area (Å²) in [5.74, 6) is 8.78. The first-order chi connectivity index (χ1) is 9.76. The maximum Gasteiger partial charge on any atom is 0.148 e. The van der Waals surface area contributed by atoms with Gasteiger partial charge in [-0.1, -0.05) is 39.5 Å². The van der Waals surface area contributed by atoms with Gasteiger partial charge in [-0.15, -0.1) is 0 Å². The SMILES string of the molecule is CCCc1c(NN)ncnc1NCC1CCCCC1C. The Labute approximate surface area is 121 Å². The minimum atomic E-state index is 0.737. The van der Waals surface area contributed by atoms with Gasteiger partial charge >= 0.3 is 0 Å². The second-order valence-corrected chi connectivity index (χ2v) is 5.85. The van der Waals surface area contributed by atoms with Crippen LogP contribution in [-0.2, 0) is 6.42 Å². The van der Waals surface area contributed by atoms with E-state index < -0.39 is 0 Å². The molecule has 2 atom stereocenters. The van der Waals surface area contributed by atoms with Crippen molar-refractivity contribution in [1.29, 1.82) is 0 Å². The predicted octanol–water partition coefficient (Wildman–Crippen LogP) is 2.95. The summed E-state index contributed by atoms with van der Waals surface area (Å²) in [7, 11) is 0. The molecule has 0 aliphatic heterocycles. The summed E-state index contributed by atoms with van der Waals surface area (Å²) in [5, 5.41) is 3.53. The van der Waals surface area contributed by atoms with E-state index in [1.54, 1.807) is 6.33 Å². The monoisotopic (exact) mass is 277 g/mol. The van der Waals surface area contributed by atoms with Crippen molar-refractivity contribution >= 4 is 11.6 Å². The number of hydrazine groups is 1. The minimum Gasteiger partial charge on any atom is -0.369 e.